The topological polar surface area (TPSA) is 26.0 Å². The van der Waals surface area contributed by atoms with Crippen LogP contribution in [0.25, 0.3) is 0 Å². The second-order valence-electron chi connectivity index (χ2n) is 5.14. The van der Waals surface area contributed by atoms with Crippen LogP contribution in [-0.2, 0) is 12.6 Å². The molecule has 1 nitrogen and oxygen atoms in total. The van der Waals surface area contributed by atoms with Crippen LogP contribution in [0.5, 0.6) is 0 Å². The Bertz CT molecular complexity index is 615. The van der Waals surface area contributed by atoms with Gasteiger partial charge in [-0.1, -0.05) is 37.3 Å². The molecule has 1 unspecified atom stereocenters. The van der Waals surface area contributed by atoms with E-state index in [4.69, 9.17) is 5.73 Å². The summed E-state index contributed by atoms with van der Waals surface area (Å²) in [5, 5.41) is 0. The second kappa shape index (κ2) is 5.90. The van der Waals surface area contributed by atoms with Gasteiger partial charge in [0.1, 0.15) is 0 Å². The molecule has 0 aliphatic heterocycles. The molecule has 2 N–H and O–H groups in total. The van der Waals surface area contributed by atoms with E-state index in [1.807, 2.05) is 24.3 Å². The van der Waals surface area contributed by atoms with E-state index < -0.39 is 17.8 Å². The van der Waals surface area contributed by atoms with Gasteiger partial charge in [0.25, 0.3) is 0 Å². The number of rotatable bonds is 3. The third-order valence-electron chi connectivity index (χ3n) is 3.68. The maximum atomic E-state index is 12.7. The summed E-state index contributed by atoms with van der Waals surface area (Å²) in [5.41, 5.74) is 8.91. The van der Waals surface area contributed by atoms with Crippen LogP contribution in [0.2, 0.25) is 0 Å². The highest BCUT2D eigenvalue weighted by Gasteiger charge is 2.30. The Morgan fingerprint density at radius 2 is 1.67 bits per heavy atom. The van der Waals surface area contributed by atoms with E-state index in [0.717, 1.165) is 24.1 Å². The fourth-order valence-corrected chi connectivity index (χ4v) is 2.34. The molecular weight excluding hydrogens is 275 g/mol. The van der Waals surface area contributed by atoms with Gasteiger partial charge in [-0.15, -0.1) is 0 Å². The average Bonchev–Trinajstić information content (AvgIpc) is 2.45. The van der Waals surface area contributed by atoms with Crippen LogP contribution in [0.3, 0.4) is 0 Å². The zero-order chi connectivity index (χ0) is 15.6. The Morgan fingerprint density at radius 1 is 1.05 bits per heavy atom. The smallest absolute Gasteiger partial charge is 0.320 e. The van der Waals surface area contributed by atoms with Crippen molar-refractivity contribution in [2.45, 2.75) is 32.5 Å². The monoisotopic (exact) mass is 293 g/mol. The van der Waals surface area contributed by atoms with Gasteiger partial charge in [0, 0.05) is 0 Å². The van der Waals surface area contributed by atoms with Gasteiger partial charge in [0.05, 0.1) is 11.6 Å². The molecule has 112 valence electrons. The van der Waals surface area contributed by atoms with Crippen molar-refractivity contribution in [3.05, 3.63) is 70.3 Å². The Morgan fingerprint density at radius 3 is 2.14 bits per heavy atom. The predicted octanol–water partition coefficient (Wildman–Crippen LogP) is 4.62. The molecule has 0 amide bonds. The molecular formula is C17H18F3N. The van der Waals surface area contributed by atoms with Gasteiger partial charge >= 0.3 is 6.18 Å². The van der Waals surface area contributed by atoms with Crippen molar-refractivity contribution in [2.75, 3.05) is 0 Å². The first-order valence-electron chi connectivity index (χ1n) is 6.85. The van der Waals surface area contributed by atoms with Crippen molar-refractivity contribution in [3.63, 3.8) is 0 Å². The molecule has 0 saturated heterocycles. The normalized spacial score (nSPS) is 13.2. The molecule has 0 heterocycles. The summed E-state index contributed by atoms with van der Waals surface area (Å²) in [5.74, 6) is 0. The second-order valence-corrected chi connectivity index (χ2v) is 5.14. The van der Waals surface area contributed by atoms with Gasteiger partial charge in [-0.05, 0) is 47.7 Å². The van der Waals surface area contributed by atoms with E-state index in [2.05, 4.69) is 6.92 Å². The third-order valence-corrected chi connectivity index (χ3v) is 3.68. The minimum absolute atomic E-state index is 0.418. The largest absolute Gasteiger partial charge is 0.416 e. The molecule has 2 aromatic rings. The SMILES string of the molecule is CCc1ccc(C(N)c2ccc(C(F)(F)F)cc2C)cc1. The molecule has 0 saturated carbocycles. The lowest BCUT2D eigenvalue weighted by molar-refractivity contribution is -0.137. The number of alkyl halides is 3. The van der Waals surface area contributed by atoms with Crippen LogP contribution < -0.4 is 5.73 Å². The average molecular weight is 293 g/mol. The third kappa shape index (κ3) is 3.45. The summed E-state index contributed by atoms with van der Waals surface area (Å²) in [6, 6.07) is 11.1. The number of nitrogens with two attached hydrogens (primary N) is 1. The van der Waals surface area contributed by atoms with Crippen molar-refractivity contribution in [2.24, 2.45) is 5.73 Å². The highest BCUT2D eigenvalue weighted by molar-refractivity contribution is 5.40. The van der Waals surface area contributed by atoms with Crippen molar-refractivity contribution in [1.29, 1.82) is 0 Å². The molecule has 1 atom stereocenters. The summed E-state index contributed by atoms with van der Waals surface area (Å²) in [7, 11) is 0. The molecule has 2 aromatic carbocycles. The summed E-state index contributed by atoms with van der Waals surface area (Å²) in [4.78, 5) is 0. The zero-order valence-electron chi connectivity index (χ0n) is 12.0. The van der Waals surface area contributed by atoms with Crippen molar-refractivity contribution >= 4 is 0 Å². The Hall–Kier alpha value is -1.81. The minimum Gasteiger partial charge on any atom is -0.320 e. The zero-order valence-corrected chi connectivity index (χ0v) is 12.0. The van der Waals surface area contributed by atoms with E-state index in [0.29, 0.717) is 11.1 Å². The number of hydrogen-bond acceptors (Lipinski definition) is 1. The molecule has 0 radical (unpaired) electrons. The predicted molar refractivity (Wildman–Crippen MR) is 78.0 cm³/mol. The van der Waals surface area contributed by atoms with E-state index in [9.17, 15) is 13.2 Å². The summed E-state index contributed by atoms with van der Waals surface area (Å²) in [6.45, 7) is 3.72. The maximum Gasteiger partial charge on any atom is 0.416 e. The molecule has 4 heteroatoms. The molecule has 0 aliphatic rings. The quantitative estimate of drug-likeness (QED) is 0.877. The van der Waals surface area contributed by atoms with Gasteiger partial charge in [-0.25, -0.2) is 0 Å². The van der Waals surface area contributed by atoms with Crippen LogP contribution in [0, 0.1) is 6.92 Å². The molecule has 0 aromatic heterocycles. The lowest BCUT2D eigenvalue weighted by Gasteiger charge is -2.17. The first-order valence-corrected chi connectivity index (χ1v) is 6.85. The molecule has 2 rings (SSSR count). The molecule has 21 heavy (non-hydrogen) atoms. The fraction of sp³-hybridized carbons (Fsp3) is 0.294. The number of aryl methyl sites for hydroxylation is 2. The van der Waals surface area contributed by atoms with Crippen LogP contribution in [0.1, 0.15) is 40.8 Å². The Kier molecular flexibility index (Phi) is 4.37. The maximum absolute atomic E-state index is 12.7. The highest BCUT2D eigenvalue weighted by atomic mass is 19.4. The number of benzene rings is 2. The first-order chi connectivity index (χ1) is 9.82. The van der Waals surface area contributed by atoms with Gasteiger partial charge < -0.3 is 5.73 Å². The summed E-state index contributed by atoms with van der Waals surface area (Å²) < 4.78 is 38.0. The summed E-state index contributed by atoms with van der Waals surface area (Å²) in [6.07, 6.45) is -3.38. The molecule has 0 spiro atoms. The molecule has 0 fully saturated rings. The van der Waals surface area contributed by atoms with E-state index in [1.54, 1.807) is 6.92 Å². The van der Waals surface area contributed by atoms with Gasteiger partial charge in [-0.2, -0.15) is 13.2 Å². The standard InChI is InChI=1S/C17H18F3N/c1-3-12-4-6-13(7-5-12)16(21)15-9-8-14(10-11(15)2)17(18,19)20/h4-10,16H,3,21H2,1-2H3. The van der Waals surface area contributed by atoms with E-state index in [1.165, 1.54) is 11.6 Å². The Balaban J connectivity index is 2.32. The van der Waals surface area contributed by atoms with Gasteiger partial charge in [0.15, 0.2) is 0 Å². The molecule has 0 bridgehead atoms. The van der Waals surface area contributed by atoms with E-state index >= 15 is 0 Å². The van der Waals surface area contributed by atoms with Crippen LogP contribution in [0.15, 0.2) is 42.5 Å². The first kappa shape index (κ1) is 15.6. The fourth-order valence-electron chi connectivity index (χ4n) is 2.34. The van der Waals surface area contributed by atoms with E-state index in [-0.39, 0.29) is 0 Å². The van der Waals surface area contributed by atoms with Crippen molar-refractivity contribution in [1.82, 2.24) is 0 Å². The number of hydrogen-bond donors (Lipinski definition) is 1. The highest BCUT2D eigenvalue weighted by Crippen LogP contribution is 2.32. The number of halogens is 3. The lowest BCUT2D eigenvalue weighted by Crippen LogP contribution is -2.14. The van der Waals surface area contributed by atoms with Crippen LogP contribution >= 0.6 is 0 Å². The Labute approximate surface area is 122 Å². The molecule has 0 aliphatic carbocycles. The van der Waals surface area contributed by atoms with Crippen molar-refractivity contribution in [3.8, 4) is 0 Å². The van der Waals surface area contributed by atoms with Crippen molar-refractivity contribution < 1.29 is 13.2 Å². The van der Waals surface area contributed by atoms with Gasteiger partial charge in [-0.3, -0.25) is 0 Å². The minimum atomic E-state index is -4.32. The van der Waals surface area contributed by atoms with Crippen LogP contribution in [-0.4, -0.2) is 0 Å². The summed E-state index contributed by atoms with van der Waals surface area (Å²) >= 11 is 0. The lowest BCUT2D eigenvalue weighted by atomic mass is 9.93. The van der Waals surface area contributed by atoms with Gasteiger partial charge in [0.2, 0.25) is 0 Å². The van der Waals surface area contributed by atoms with Crippen LogP contribution in [0.4, 0.5) is 13.2 Å².